The zero-order valence-corrected chi connectivity index (χ0v) is 13.0. The molecule has 0 saturated heterocycles. The molecule has 98 valence electrons. The Hall–Kier alpha value is -0.790. The second-order valence-electron chi connectivity index (χ2n) is 5.32. The summed E-state index contributed by atoms with van der Waals surface area (Å²) >= 11 is 9.86. The molecule has 1 fully saturated rings. The van der Waals surface area contributed by atoms with Gasteiger partial charge in [0.25, 0.3) is 0 Å². The molecular weight excluding hydrogens is 320 g/mol. The van der Waals surface area contributed by atoms with Crippen molar-refractivity contribution in [2.75, 3.05) is 0 Å². The van der Waals surface area contributed by atoms with Gasteiger partial charge in [0, 0.05) is 15.3 Å². The first kappa shape index (κ1) is 13.2. The smallest absolute Gasteiger partial charge is 0.0406 e. The monoisotopic (exact) mass is 334 g/mol. The molecule has 1 aliphatic carbocycles. The van der Waals surface area contributed by atoms with Gasteiger partial charge < -0.3 is 0 Å². The van der Waals surface area contributed by atoms with Gasteiger partial charge in [-0.2, -0.15) is 0 Å². The number of hydrogen-bond donors (Lipinski definition) is 0. The molecule has 19 heavy (non-hydrogen) atoms. The van der Waals surface area contributed by atoms with Crippen LogP contribution in [-0.2, 0) is 11.8 Å². The second kappa shape index (κ2) is 5.30. The van der Waals surface area contributed by atoms with E-state index in [4.69, 9.17) is 11.6 Å². The Balaban J connectivity index is 1.77. The predicted molar refractivity (Wildman–Crippen MR) is 85.2 cm³/mol. The van der Waals surface area contributed by atoms with Crippen molar-refractivity contribution >= 4 is 27.5 Å². The molecule has 0 N–H and O–H groups in total. The summed E-state index contributed by atoms with van der Waals surface area (Å²) in [4.78, 5) is 0.489. The molecule has 2 aromatic carbocycles. The number of halogens is 2. The van der Waals surface area contributed by atoms with E-state index >= 15 is 0 Å². The van der Waals surface area contributed by atoms with E-state index < -0.39 is 0 Å². The van der Waals surface area contributed by atoms with Gasteiger partial charge in [-0.15, -0.1) is 0 Å². The predicted octanol–water partition coefficient (Wildman–Crippen LogP) is 5.38. The molecule has 1 unspecified atom stereocenters. The first-order chi connectivity index (χ1) is 9.21. The highest BCUT2D eigenvalue weighted by atomic mass is 79.9. The molecule has 0 bridgehead atoms. The SMILES string of the molecule is Clc1ccc(CC(Br)C2(c3ccccc3)CC2)cc1. The summed E-state index contributed by atoms with van der Waals surface area (Å²) in [5, 5.41) is 0.805. The van der Waals surface area contributed by atoms with Crippen LogP contribution in [0.4, 0.5) is 0 Å². The molecule has 1 aliphatic rings. The lowest BCUT2D eigenvalue weighted by Crippen LogP contribution is -2.22. The van der Waals surface area contributed by atoms with E-state index in [0.29, 0.717) is 10.2 Å². The normalized spacial score (nSPS) is 18.0. The van der Waals surface area contributed by atoms with Crippen LogP contribution >= 0.6 is 27.5 Å². The molecule has 0 radical (unpaired) electrons. The summed E-state index contributed by atoms with van der Waals surface area (Å²) in [5.41, 5.74) is 3.14. The van der Waals surface area contributed by atoms with Crippen LogP contribution in [0.3, 0.4) is 0 Å². The maximum atomic E-state index is 5.93. The molecule has 0 heterocycles. The minimum absolute atomic E-state index is 0.334. The summed E-state index contributed by atoms with van der Waals surface area (Å²) in [5.74, 6) is 0. The summed E-state index contributed by atoms with van der Waals surface area (Å²) in [6.07, 6.45) is 3.60. The standard InChI is InChI=1S/C17H16BrCl/c18-16(12-13-6-8-15(19)9-7-13)17(10-11-17)14-4-2-1-3-5-14/h1-9,16H,10-12H2. The van der Waals surface area contributed by atoms with Gasteiger partial charge >= 0.3 is 0 Å². The fourth-order valence-corrected chi connectivity index (χ4v) is 3.93. The maximum Gasteiger partial charge on any atom is 0.0406 e. The van der Waals surface area contributed by atoms with Crippen LogP contribution in [0.5, 0.6) is 0 Å². The highest BCUT2D eigenvalue weighted by molar-refractivity contribution is 9.09. The van der Waals surface area contributed by atoms with E-state index in [0.717, 1.165) is 11.4 Å². The Bertz CT molecular complexity index is 543. The lowest BCUT2D eigenvalue weighted by molar-refractivity contribution is 0.647. The van der Waals surface area contributed by atoms with E-state index in [9.17, 15) is 0 Å². The highest BCUT2D eigenvalue weighted by Crippen LogP contribution is 2.54. The maximum absolute atomic E-state index is 5.93. The van der Waals surface area contributed by atoms with Crippen molar-refractivity contribution in [3.63, 3.8) is 0 Å². The lowest BCUT2D eigenvalue weighted by Gasteiger charge is -2.22. The fraction of sp³-hybridized carbons (Fsp3) is 0.294. The molecule has 0 aliphatic heterocycles. The van der Waals surface area contributed by atoms with Crippen molar-refractivity contribution in [1.29, 1.82) is 0 Å². The van der Waals surface area contributed by atoms with Crippen molar-refractivity contribution in [3.05, 3.63) is 70.7 Å². The van der Waals surface area contributed by atoms with Gasteiger partial charge in [0.2, 0.25) is 0 Å². The van der Waals surface area contributed by atoms with Crippen LogP contribution in [0.15, 0.2) is 54.6 Å². The molecule has 1 atom stereocenters. The molecule has 2 aromatic rings. The van der Waals surface area contributed by atoms with Crippen molar-refractivity contribution in [3.8, 4) is 0 Å². The van der Waals surface area contributed by atoms with Crippen molar-refractivity contribution in [2.24, 2.45) is 0 Å². The fourth-order valence-electron chi connectivity index (χ4n) is 2.71. The zero-order valence-electron chi connectivity index (χ0n) is 10.7. The van der Waals surface area contributed by atoms with Crippen LogP contribution in [0.25, 0.3) is 0 Å². The average Bonchev–Trinajstić information content (AvgIpc) is 3.24. The Morgan fingerprint density at radius 2 is 1.63 bits per heavy atom. The Labute approximate surface area is 127 Å². The molecule has 1 saturated carbocycles. The summed E-state index contributed by atoms with van der Waals surface area (Å²) in [6.45, 7) is 0. The summed E-state index contributed by atoms with van der Waals surface area (Å²) < 4.78 is 0. The van der Waals surface area contributed by atoms with Crippen LogP contribution in [0.2, 0.25) is 5.02 Å². The topological polar surface area (TPSA) is 0 Å². The lowest BCUT2D eigenvalue weighted by atomic mass is 9.89. The van der Waals surface area contributed by atoms with Gasteiger partial charge in [-0.1, -0.05) is 70.0 Å². The molecular formula is C17H16BrCl. The average molecular weight is 336 g/mol. The molecule has 2 heteroatoms. The Kier molecular flexibility index (Phi) is 3.68. The largest absolute Gasteiger partial charge is 0.0877 e. The number of hydrogen-bond acceptors (Lipinski definition) is 0. The third kappa shape index (κ3) is 2.73. The summed E-state index contributed by atoms with van der Waals surface area (Å²) in [7, 11) is 0. The second-order valence-corrected chi connectivity index (χ2v) is 6.86. The van der Waals surface area contributed by atoms with E-state index in [1.54, 1.807) is 0 Å². The molecule has 0 nitrogen and oxygen atoms in total. The van der Waals surface area contributed by atoms with Gasteiger partial charge in [0.05, 0.1) is 0 Å². The van der Waals surface area contributed by atoms with Gasteiger partial charge in [-0.3, -0.25) is 0 Å². The minimum atomic E-state index is 0.334. The van der Waals surface area contributed by atoms with Crippen LogP contribution in [0, 0.1) is 0 Å². The van der Waals surface area contributed by atoms with Crippen molar-refractivity contribution < 1.29 is 0 Å². The first-order valence-corrected chi connectivity index (χ1v) is 7.94. The van der Waals surface area contributed by atoms with Gasteiger partial charge in [0.1, 0.15) is 0 Å². The molecule has 0 spiro atoms. The van der Waals surface area contributed by atoms with Crippen molar-refractivity contribution in [2.45, 2.75) is 29.5 Å². The number of benzene rings is 2. The van der Waals surface area contributed by atoms with E-state index in [-0.39, 0.29) is 0 Å². The molecule has 3 rings (SSSR count). The van der Waals surface area contributed by atoms with Crippen molar-refractivity contribution in [1.82, 2.24) is 0 Å². The van der Waals surface area contributed by atoms with Gasteiger partial charge in [-0.05, 0) is 42.5 Å². The minimum Gasteiger partial charge on any atom is -0.0877 e. The summed E-state index contributed by atoms with van der Waals surface area (Å²) in [6, 6.07) is 19.1. The van der Waals surface area contributed by atoms with E-state index in [1.807, 2.05) is 12.1 Å². The number of rotatable bonds is 4. The Morgan fingerprint density at radius 1 is 1.00 bits per heavy atom. The highest BCUT2D eigenvalue weighted by Gasteiger charge is 2.49. The van der Waals surface area contributed by atoms with Crippen LogP contribution < -0.4 is 0 Å². The van der Waals surface area contributed by atoms with Gasteiger partial charge in [-0.25, -0.2) is 0 Å². The van der Waals surface area contributed by atoms with E-state index in [2.05, 4.69) is 58.4 Å². The van der Waals surface area contributed by atoms with Crippen LogP contribution in [-0.4, -0.2) is 4.83 Å². The molecule has 0 amide bonds. The third-order valence-electron chi connectivity index (χ3n) is 4.07. The van der Waals surface area contributed by atoms with Gasteiger partial charge in [0.15, 0.2) is 0 Å². The van der Waals surface area contributed by atoms with Crippen LogP contribution in [0.1, 0.15) is 24.0 Å². The Morgan fingerprint density at radius 3 is 2.21 bits per heavy atom. The van der Waals surface area contributed by atoms with E-state index in [1.165, 1.54) is 24.0 Å². The first-order valence-electron chi connectivity index (χ1n) is 6.65. The number of alkyl halides is 1. The third-order valence-corrected chi connectivity index (χ3v) is 5.52. The quantitative estimate of drug-likeness (QED) is 0.658. The molecule has 0 aromatic heterocycles. The zero-order chi connectivity index (χ0) is 13.3.